The summed E-state index contributed by atoms with van der Waals surface area (Å²) in [5.74, 6) is 0.122. The van der Waals surface area contributed by atoms with Gasteiger partial charge in [-0.25, -0.2) is 9.48 Å². The van der Waals surface area contributed by atoms with Crippen molar-refractivity contribution in [1.82, 2.24) is 15.1 Å². The molecular formula is C23H31N3O4. The van der Waals surface area contributed by atoms with Crippen LogP contribution < -0.4 is 10.9 Å². The number of hydrogen-bond donors (Lipinski definition) is 1. The Hall–Kier alpha value is -2.70. The first-order valence-electron chi connectivity index (χ1n) is 10.7. The summed E-state index contributed by atoms with van der Waals surface area (Å²) in [4.78, 5) is 37.8. The molecule has 162 valence electrons. The minimum atomic E-state index is -0.705. The van der Waals surface area contributed by atoms with Crippen molar-refractivity contribution in [2.45, 2.75) is 59.5 Å². The number of nitrogens with zero attached hydrogens (tertiary/aromatic N) is 2. The third kappa shape index (κ3) is 4.89. The van der Waals surface area contributed by atoms with Gasteiger partial charge in [0.25, 0.3) is 11.5 Å². The zero-order valence-corrected chi connectivity index (χ0v) is 18.2. The first-order valence-corrected chi connectivity index (χ1v) is 10.7. The fourth-order valence-corrected chi connectivity index (χ4v) is 4.09. The van der Waals surface area contributed by atoms with Crippen molar-refractivity contribution >= 4 is 22.6 Å². The number of fused-ring (bicyclic) bond motifs is 1. The quantitative estimate of drug-likeness (QED) is 0.735. The molecule has 1 saturated carbocycles. The van der Waals surface area contributed by atoms with Gasteiger partial charge in [0.1, 0.15) is 0 Å². The molecular weight excluding hydrogens is 382 g/mol. The van der Waals surface area contributed by atoms with Crippen LogP contribution in [0.15, 0.2) is 29.1 Å². The molecule has 1 N–H and O–H groups in total. The van der Waals surface area contributed by atoms with E-state index in [2.05, 4.69) is 24.3 Å². The van der Waals surface area contributed by atoms with Gasteiger partial charge in [-0.2, -0.15) is 5.10 Å². The van der Waals surface area contributed by atoms with Crippen LogP contribution in [0.2, 0.25) is 0 Å². The smallest absolute Gasteiger partial charge is 0.359 e. The molecule has 1 heterocycles. The number of ether oxygens (including phenoxy) is 1. The molecule has 30 heavy (non-hydrogen) atoms. The summed E-state index contributed by atoms with van der Waals surface area (Å²) in [6, 6.07) is 6.94. The Morgan fingerprint density at radius 3 is 2.60 bits per heavy atom. The van der Waals surface area contributed by atoms with Crippen LogP contribution in [-0.2, 0) is 16.1 Å². The van der Waals surface area contributed by atoms with Crippen LogP contribution >= 0.6 is 0 Å². The molecule has 1 amide bonds. The highest BCUT2D eigenvalue weighted by atomic mass is 16.5. The van der Waals surface area contributed by atoms with Crippen LogP contribution in [0.5, 0.6) is 0 Å². The third-order valence-corrected chi connectivity index (χ3v) is 5.99. The van der Waals surface area contributed by atoms with Crippen LogP contribution in [0.3, 0.4) is 0 Å². The second-order valence-electron chi connectivity index (χ2n) is 8.79. The third-order valence-electron chi connectivity index (χ3n) is 5.99. The molecule has 7 heteroatoms. The highest BCUT2D eigenvalue weighted by Crippen LogP contribution is 2.29. The van der Waals surface area contributed by atoms with Gasteiger partial charge in [0.05, 0.1) is 5.39 Å². The van der Waals surface area contributed by atoms with E-state index in [9.17, 15) is 14.4 Å². The number of nitrogens with one attached hydrogen (secondary N) is 1. The van der Waals surface area contributed by atoms with E-state index in [1.54, 1.807) is 24.3 Å². The number of carbonyl (C=O) groups excluding carboxylic acids is 2. The number of amides is 1. The molecule has 1 fully saturated rings. The Bertz CT molecular complexity index is 982. The van der Waals surface area contributed by atoms with Crippen molar-refractivity contribution in [3.8, 4) is 0 Å². The molecule has 0 spiro atoms. The molecule has 0 aliphatic heterocycles. The number of esters is 1. The van der Waals surface area contributed by atoms with Gasteiger partial charge in [-0.3, -0.25) is 9.59 Å². The summed E-state index contributed by atoms with van der Waals surface area (Å²) in [5.41, 5.74) is -0.188. The maximum atomic E-state index is 12.7. The SMILES string of the molecule is CC(C)Cn1nc(C(=O)OCC(=O)N[C@H]2CCC[C@@H](C)[C@H]2C)c2ccccc2c1=O. The standard InChI is InChI=1S/C23H31N3O4/c1-14(2)12-26-22(28)18-10-6-5-9-17(18)21(25-26)23(29)30-13-20(27)24-19-11-7-8-15(3)16(19)4/h5-6,9-10,14-16,19H,7-8,11-13H2,1-4H3,(H,24,27)/t15-,16-,19+/m1/s1. The fraction of sp³-hybridized carbons (Fsp3) is 0.565. The Morgan fingerprint density at radius 2 is 1.90 bits per heavy atom. The second kappa shape index (κ2) is 9.41. The monoisotopic (exact) mass is 413 g/mol. The molecule has 1 aromatic carbocycles. The molecule has 2 aromatic rings. The average molecular weight is 414 g/mol. The topological polar surface area (TPSA) is 90.3 Å². The first-order chi connectivity index (χ1) is 14.3. The number of rotatable bonds is 6. The second-order valence-corrected chi connectivity index (χ2v) is 8.79. The summed E-state index contributed by atoms with van der Waals surface area (Å²) in [5, 5.41) is 8.10. The summed E-state index contributed by atoms with van der Waals surface area (Å²) in [7, 11) is 0. The lowest BCUT2D eigenvalue weighted by Crippen LogP contribution is -2.45. The lowest BCUT2D eigenvalue weighted by Gasteiger charge is -2.34. The van der Waals surface area contributed by atoms with E-state index in [-0.39, 0.29) is 35.7 Å². The van der Waals surface area contributed by atoms with Crippen LogP contribution in [0.4, 0.5) is 0 Å². The molecule has 0 saturated heterocycles. The van der Waals surface area contributed by atoms with E-state index in [0.717, 1.165) is 12.8 Å². The van der Waals surface area contributed by atoms with E-state index in [1.165, 1.54) is 11.1 Å². The van der Waals surface area contributed by atoms with Crippen molar-refractivity contribution in [3.05, 3.63) is 40.3 Å². The Kier molecular flexibility index (Phi) is 6.90. The van der Waals surface area contributed by atoms with Gasteiger partial charge in [0, 0.05) is 18.0 Å². The van der Waals surface area contributed by atoms with E-state index in [4.69, 9.17) is 4.74 Å². The van der Waals surface area contributed by atoms with Crippen molar-refractivity contribution < 1.29 is 14.3 Å². The number of hydrogen-bond acceptors (Lipinski definition) is 5. The van der Waals surface area contributed by atoms with Gasteiger partial charge in [-0.15, -0.1) is 0 Å². The van der Waals surface area contributed by atoms with Gasteiger partial charge in [0.15, 0.2) is 12.3 Å². The summed E-state index contributed by atoms with van der Waals surface area (Å²) >= 11 is 0. The van der Waals surface area contributed by atoms with E-state index in [1.807, 2.05) is 13.8 Å². The molecule has 1 aliphatic carbocycles. The zero-order valence-electron chi connectivity index (χ0n) is 18.2. The molecule has 0 radical (unpaired) electrons. The van der Waals surface area contributed by atoms with Gasteiger partial charge >= 0.3 is 5.97 Å². The van der Waals surface area contributed by atoms with Crippen LogP contribution in [-0.4, -0.2) is 34.3 Å². The first kappa shape index (κ1) is 22.0. The summed E-state index contributed by atoms with van der Waals surface area (Å²) in [6.45, 7) is 8.32. The number of aromatic nitrogens is 2. The van der Waals surface area contributed by atoms with Crippen LogP contribution in [0.1, 0.15) is 57.4 Å². The maximum absolute atomic E-state index is 12.7. The van der Waals surface area contributed by atoms with Crippen molar-refractivity contribution in [3.63, 3.8) is 0 Å². The lowest BCUT2D eigenvalue weighted by atomic mass is 9.78. The zero-order chi connectivity index (χ0) is 21.8. The number of benzene rings is 1. The highest BCUT2D eigenvalue weighted by molar-refractivity contribution is 6.02. The molecule has 3 rings (SSSR count). The van der Waals surface area contributed by atoms with Crippen molar-refractivity contribution in [1.29, 1.82) is 0 Å². The molecule has 0 unspecified atom stereocenters. The van der Waals surface area contributed by atoms with E-state index in [0.29, 0.717) is 29.2 Å². The predicted molar refractivity (Wildman–Crippen MR) is 115 cm³/mol. The average Bonchev–Trinajstić information content (AvgIpc) is 2.71. The summed E-state index contributed by atoms with van der Waals surface area (Å²) < 4.78 is 6.57. The van der Waals surface area contributed by atoms with Crippen LogP contribution in [0, 0.1) is 17.8 Å². The minimum Gasteiger partial charge on any atom is -0.451 e. The van der Waals surface area contributed by atoms with Crippen LogP contribution in [0.25, 0.3) is 10.8 Å². The highest BCUT2D eigenvalue weighted by Gasteiger charge is 2.28. The number of carbonyl (C=O) groups is 2. The maximum Gasteiger partial charge on any atom is 0.359 e. The Labute approximate surface area is 176 Å². The molecule has 1 aromatic heterocycles. The van der Waals surface area contributed by atoms with Gasteiger partial charge in [0.2, 0.25) is 0 Å². The molecule has 7 nitrogen and oxygen atoms in total. The minimum absolute atomic E-state index is 0.0540. The lowest BCUT2D eigenvalue weighted by molar-refractivity contribution is -0.125. The molecule has 3 atom stereocenters. The van der Waals surface area contributed by atoms with Crippen molar-refractivity contribution in [2.24, 2.45) is 17.8 Å². The molecule has 0 bridgehead atoms. The Balaban J connectivity index is 1.74. The summed E-state index contributed by atoms with van der Waals surface area (Å²) in [6.07, 6.45) is 3.20. The normalized spacial score (nSPS) is 21.6. The van der Waals surface area contributed by atoms with Gasteiger partial charge in [-0.05, 0) is 30.2 Å². The largest absolute Gasteiger partial charge is 0.451 e. The predicted octanol–water partition coefficient (Wildman–Crippen LogP) is 3.15. The molecule has 1 aliphatic rings. The van der Waals surface area contributed by atoms with Gasteiger partial charge in [-0.1, -0.05) is 58.7 Å². The van der Waals surface area contributed by atoms with E-state index < -0.39 is 5.97 Å². The van der Waals surface area contributed by atoms with E-state index >= 15 is 0 Å². The Morgan fingerprint density at radius 1 is 1.20 bits per heavy atom. The van der Waals surface area contributed by atoms with Gasteiger partial charge < -0.3 is 10.1 Å². The fourth-order valence-electron chi connectivity index (χ4n) is 4.09. The van der Waals surface area contributed by atoms with Crippen molar-refractivity contribution in [2.75, 3.05) is 6.61 Å².